The van der Waals surface area contributed by atoms with E-state index in [0.717, 1.165) is 18.6 Å². The highest BCUT2D eigenvalue weighted by Gasteiger charge is 2.28. The van der Waals surface area contributed by atoms with Gasteiger partial charge in [-0.25, -0.2) is 8.78 Å². The largest absolute Gasteiger partial charge is 0.386 e. The fraction of sp³-hybridized carbons (Fsp3) is 0.529. The molecule has 1 aliphatic heterocycles. The summed E-state index contributed by atoms with van der Waals surface area (Å²) < 4.78 is 27.2. The second-order valence-corrected chi connectivity index (χ2v) is 5.93. The molecule has 7 heteroatoms. The monoisotopic (exact) mass is 340 g/mol. The van der Waals surface area contributed by atoms with Crippen molar-refractivity contribution in [1.29, 1.82) is 0 Å². The van der Waals surface area contributed by atoms with Crippen LogP contribution in [-0.4, -0.2) is 41.5 Å². The summed E-state index contributed by atoms with van der Waals surface area (Å²) in [6.45, 7) is 2.46. The van der Waals surface area contributed by atoms with Crippen LogP contribution in [0.15, 0.2) is 18.2 Å². The average molecular weight is 340 g/mol. The van der Waals surface area contributed by atoms with Crippen molar-refractivity contribution in [1.82, 2.24) is 10.2 Å². The van der Waals surface area contributed by atoms with Gasteiger partial charge in [-0.3, -0.25) is 9.59 Å². The lowest BCUT2D eigenvalue weighted by atomic mass is 9.96. The van der Waals surface area contributed by atoms with Crippen molar-refractivity contribution >= 4 is 11.8 Å². The van der Waals surface area contributed by atoms with Gasteiger partial charge in [0.2, 0.25) is 11.8 Å². The van der Waals surface area contributed by atoms with E-state index in [1.54, 1.807) is 11.8 Å². The number of aliphatic hydroxyl groups is 1. The number of piperidine rings is 1. The highest BCUT2D eigenvalue weighted by Crippen LogP contribution is 2.21. The van der Waals surface area contributed by atoms with E-state index in [9.17, 15) is 23.5 Å². The standard InChI is InChI=1S/C17H22F2N2O3/c1-2-15(23)21-8-4-5-11(10-21)17(24)20-9-14(22)16-12(18)6-3-7-13(16)19/h3,6-7,11,14,22H,2,4-5,8-10H2,1H3,(H,20,24). The molecule has 0 aromatic heterocycles. The Hall–Kier alpha value is -2.02. The molecule has 1 heterocycles. The maximum Gasteiger partial charge on any atom is 0.225 e. The number of amides is 2. The van der Waals surface area contributed by atoms with Gasteiger partial charge in [-0.2, -0.15) is 0 Å². The Morgan fingerprint density at radius 1 is 1.38 bits per heavy atom. The zero-order valence-corrected chi connectivity index (χ0v) is 13.6. The lowest BCUT2D eigenvalue weighted by molar-refractivity contribution is -0.135. The third-order valence-electron chi connectivity index (χ3n) is 4.25. The predicted molar refractivity (Wildman–Crippen MR) is 83.9 cm³/mol. The van der Waals surface area contributed by atoms with Gasteiger partial charge in [-0.15, -0.1) is 0 Å². The molecule has 132 valence electrons. The summed E-state index contributed by atoms with van der Waals surface area (Å²) in [5, 5.41) is 12.5. The van der Waals surface area contributed by atoms with Crippen LogP contribution < -0.4 is 5.32 Å². The summed E-state index contributed by atoms with van der Waals surface area (Å²) in [6.07, 6.45) is 0.296. The minimum Gasteiger partial charge on any atom is -0.386 e. The first-order valence-corrected chi connectivity index (χ1v) is 8.11. The summed E-state index contributed by atoms with van der Waals surface area (Å²) in [5.74, 6) is -2.39. The Morgan fingerprint density at radius 3 is 2.67 bits per heavy atom. The number of aliphatic hydroxyl groups excluding tert-OH is 1. The van der Waals surface area contributed by atoms with E-state index in [2.05, 4.69) is 5.32 Å². The lowest BCUT2D eigenvalue weighted by Gasteiger charge is -2.32. The number of carbonyl (C=O) groups is 2. The Kier molecular flexibility index (Phi) is 6.25. The molecule has 1 fully saturated rings. The summed E-state index contributed by atoms with van der Waals surface area (Å²) in [6, 6.07) is 3.32. The number of hydrogen-bond acceptors (Lipinski definition) is 3. The Morgan fingerprint density at radius 2 is 2.04 bits per heavy atom. The van der Waals surface area contributed by atoms with Gasteiger partial charge in [0, 0.05) is 26.1 Å². The van der Waals surface area contributed by atoms with E-state index in [0.29, 0.717) is 25.9 Å². The smallest absolute Gasteiger partial charge is 0.225 e. The molecule has 0 spiro atoms. The summed E-state index contributed by atoms with van der Waals surface area (Å²) in [4.78, 5) is 25.6. The average Bonchev–Trinajstić information content (AvgIpc) is 2.58. The number of nitrogens with zero attached hydrogens (tertiary/aromatic N) is 1. The van der Waals surface area contributed by atoms with Gasteiger partial charge >= 0.3 is 0 Å². The molecule has 0 radical (unpaired) electrons. The van der Waals surface area contributed by atoms with Crippen LogP contribution in [0.25, 0.3) is 0 Å². The van der Waals surface area contributed by atoms with Crippen molar-refractivity contribution in [2.45, 2.75) is 32.3 Å². The lowest BCUT2D eigenvalue weighted by Crippen LogP contribution is -2.45. The van der Waals surface area contributed by atoms with E-state index in [-0.39, 0.29) is 24.3 Å². The third-order valence-corrected chi connectivity index (χ3v) is 4.25. The van der Waals surface area contributed by atoms with Crippen molar-refractivity contribution < 1.29 is 23.5 Å². The fourth-order valence-electron chi connectivity index (χ4n) is 2.91. The first-order valence-electron chi connectivity index (χ1n) is 8.11. The topological polar surface area (TPSA) is 69.6 Å². The molecule has 1 aromatic carbocycles. The molecule has 2 atom stereocenters. The molecule has 0 aliphatic carbocycles. The third kappa shape index (κ3) is 4.29. The van der Waals surface area contributed by atoms with E-state index in [4.69, 9.17) is 0 Å². The van der Waals surface area contributed by atoms with Gasteiger partial charge in [0.25, 0.3) is 0 Å². The summed E-state index contributed by atoms with van der Waals surface area (Å²) in [5.41, 5.74) is -0.454. The molecule has 1 aromatic rings. The molecule has 1 saturated heterocycles. The number of benzene rings is 1. The first-order chi connectivity index (χ1) is 11.4. The first kappa shape index (κ1) is 18.3. The minimum atomic E-state index is -1.47. The number of likely N-dealkylation sites (tertiary alicyclic amines) is 1. The molecule has 24 heavy (non-hydrogen) atoms. The summed E-state index contributed by atoms with van der Waals surface area (Å²) in [7, 11) is 0. The summed E-state index contributed by atoms with van der Waals surface area (Å²) >= 11 is 0. The fourth-order valence-corrected chi connectivity index (χ4v) is 2.91. The van der Waals surface area contributed by atoms with E-state index in [1.807, 2.05) is 0 Å². The zero-order chi connectivity index (χ0) is 17.7. The van der Waals surface area contributed by atoms with Crippen LogP contribution in [0.1, 0.15) is 37.9 Å². The Bertz CT molecular complexity index is 589. The Labute approximate surface area is 139 Å². The van der Waals surface area contributed by atoms with Gasteiger partial charge in [0.1, 0.15) is 17.7 Å². The molecule has 0 bridgehead atoms. The molecular formula is C17H22F2N2O3. The molecule has 1 aliphatic rings. The van der Waals surface area contributed by atoms with Gasteiger partial charge in [-0.05, 0) is 25.0 Å². The van der Waals surface area contributed by atoms with Gasteiger partial charge in [0.15, 0.2) is 0 Å². The van der Waals surface area contributed by atoms with Crippen LogP contribution in [0.3, 0.4) is 0 Å². The van der Waals surface area contributed by atoms with E-state index < -0.39 is 23.3 Å². The van der Waals surface area contributed by atoms with Gasteiger partial charge in [0.05, 0.1) is 11.5 Å². The van der Waals surface area contributed by atoms with Crippen molar-refractivity contribution in [3.05, 3.63) is 35.4 Å². The quantitative estimate of drug-likeness (QED) is 0.858. The van der Waals surface area contributed by atoms with E-state index in [1.165, 1.54) is 6.07 Å². The number of nitrogens with one attached hydrogen (secondary N) is 1. The van der Waals surface area contributed by atoms with Crippen molar-refractivity contribution in [3.8, 4) is 0 Å². The molecule has 2 N–H and O–H groups in total. The van der Waals surface area contributed by atoms with Crippen LogP contribution >= 0.6 is 0 Å². The minimum absolute atomic E-state index is 0.000891. The van der Waals surface area contributed by atoms with Crippen molar-refractivity contribution in [3.63, 3.8) is 0 Å². The normalized spacial score (nSPS) is 19.0. The van der Waals surface area contributed by atoms with Crippen LogP contribution in [0.4, 0.5) is 8.78 Å². The van der Waals surface area contributed by atoms with Crippen molar-refractivity contribution in [2.24, 2.45) is 5.92 Å². The maximum atomic E-state index is 13.6. The number of halogens is 2. The van der Waals surface area contributed by atoms with Gasteiger partial charge < -0.3 is 15.3 Å². The van der Waals surface area contributed by atoms with Crippen LogP contribution in [0.2, 0.25) is 0 Å². The molecule has 0 saturated carbocycles. The molecule has 2 unspecified atom stereocenters. The van der Waals surface area contributed by atoms with E-state index >= 15 is 0 Å². The second kappa shape index (κ2) is 8.19. The second-order valence-electron chi connectivity index (χ2n) is 5.93. The highest BCUT2D eigenvalue weighted by molar-refractivity contribution is 5.81. The Balaban J connectivity index is 1.92. The zero-order valence-electron chi connectivity index (χ0n) is 13.6. The SMILES string of the molecule is CCC(=O)N1CCCC(C(=O)NCC(O)c2c(F)cccc2F)C1. The molecule has 5 nitrogen and oxygen atoms in total. The predicted octanol–water partition coefficient (Wildman–Crippen LogP) is 1.76. The molecular weight excluding hydrogens is 318 g/mol. The number of carbonyl (C=O) groups excluding carboxylic acids is 2. The number of hydrogen-bond donors (Lipinski definition) is 2. The highest BCUT2D eigenvalue weighted by atomic mass is 19.1. The van der Waals surface area contributed by atoms with Gasteiger partial charge in [-0.1, -0.05) is 13.0 Å². The molecule has 2 rings (SSSR count). The van der Waals surface area contributed by atoms with Crippen LogP contribution in [0, 0.1) is 17.6 Å². The number of rotatable bonds is 5. The van der Waals surface area contributed by atoms with Crippen molar-refractivity contribution in [2.75, 3.05) is 19.6 Å². The van der Waals surface area contributed by atoms with Crippen LogP contribution in [-0.2, 0) is 9.59 Å². The van der Waals surface area contributed by atoms with Crippen LogP contribution in [0.5, 0.6) is 0 Å². The maximum absolute atomic E-state index is 13.6. The molecule has 2 amide bonds.